The van der Waals surface area contributed by atoms with Gasteiger partial charge in [-0.2, -0.15) is 0 Å². The summed E-state index contributed by atoms with van der Waals surface area (Å²) in [4.78, 5) is 16.2. The van der Waals surface area contributed by atoms with Crippen molar-refractivity contribution >= 4 is 11.8 Å². The Balaban J connectivity index is 2.10. The van der Waals surface area contributed by atoms with Gasteiger partial charge in [-0.15, -0.1) is 0 Å². The van der Waals surface area contributed by atoms with Crippen LogP contribution in [0.15, 0.2) is 18.3 Å². The monoisotopic (exact) mass is 278 g/mol. The molecule has 0 radical (unpaired) electrons. The summed E-state index contributed by atoms with van der Waals surface area (Å²) in [5.41, 5.74) is 0.476. The standard InChI is InChI=1S/C15H22N2O3/c1-2-20-15(19)12-6-4-9-16-14(12)17-13-7-3-5-11(13)8-10-18/h4,6,9,11,13,18H,2-3,5,7-8,10H2,1H3,(H,16,17). The van der Waals surface area contributed by atoms with Crippen LogP contribution in [0.5, 0.6) is 0 Å². The molecule has 0 aliphatic heterocycles. The molecule has 5 nitrogen and oxygen atoms in total. The van der Waals surface area contributed by atoms with Crippen LogP contribution in [0.4, 0.5) is 5.82 Å². The number of aliphatic hydroxyl groups is 1. The molecule has 1 aliphatic rings. The van der Waals surface area contributed by atoms with Crippen LogP contribution in [0.2, 0.25) is 0 Å². The lowest BCUT2D eigenvalue weighted by molar-refractivity contribution is 0.0527. The largest absolute Gasteiger partial charge is 0.462 e. The summed E-state index contributed by atoms with van der Waals surface area (Å²) in [5.74, 6) is 0.678. The van der Waals surface area contributed by atoms with Gasteiger partial charge in [-0.3, -0.25) is 0 Å². The maximum absolute atomic E-state index is 11.9. The molecule has 0 amide bonds. The smallest absolute Gasteiger partial charge is 0.341 e. The van der Waals surface area contributed by atoms with Crippen molar-refractivity contribution in [1.82, 2.24) is 4.98 Å². The number of anilines is 1. The van der Waals surface area contributed by atoms with Crippen LogP contribution in [0.3, 0.4) is 0 Å². The lowest BCUT2D eigenvalue weighted by Crippen LogP contribution is -2.26. The molecule has 2 unspecified atom stereocenters. The highest BCUT2D eigenvalue weighted by Crippen LogP contribution is 2.31. The van der Waals surface area contributed by atoms with Crippen molar-refractivity contribution in [2.45, 2.75) is 38.6 Å². The van der Waals surface area contributed by atoms with E-state index >= 15 is 0 Å². The van der Waals surface area contributed by atoms with Gasteiger partial charge in [0.25, 0.3) is 0 Å². The fraction of sp³-hybridized carbons (Fsp3) is 0.600. The number of nitrogens with one attached hydrogen (secondary N) is 1. The fourth-order valence-corrected chi connectivity index (χ4v) is 2.81. The molecule has 0 saturated heterocycles. The van der Waals surface area contributed by atoms with E-state index in [2.05, 4.69) is 10.3 Å². The van der Waals surface area contributed by atoms with Gasteiger partial charge in [0.15, 0.2) is 0 Å². The van der Waals surface area contributed by atoms with Crippen LogP contribution < -0.4 is 5.32 Å². The number of hydrogen-bond donors (Lipinski definition) is 2. The maximum Gasteiger partial charge on any atom is 0.341 e. The first-order valence-electron chi connectivity index (χ1n) is 7.25. The molecule has 1 fully saturated rings. The Labute approximate surface area is 119 Å². The molecule has 1 aromatic heterocycles. The summed E-state index contributed by atoms with van der Waals surface area (Å²) < 4.78 is 5.05. The molecule has 110 valence electrons. The number of ether oxygens (including phenoxy) is 1. The number of carbonyl (C=O) groups excluding carboxylic acids is 1. The molecular formula is C15H22N2O3. The van der Waals surface area contributed by atoms with E-state index < -0.39 is 0 Å². The number of hydrogen-bond acceptors (Lipinski definition) is 5. The number of aromatic nitrogens is 1. The van der Waals surface area contributed by atoms with Crippen LogP contribution in [-0.2, 0) is 4.74 Å². The van der Waals surface area contributed by atoms with Gasteiger partial charge >= 0.3 is 5.97 Å². The van der Waals surface area contributed by atoms with Crippen molar-refractivity contribution in [3.05, 3.63) is 23.9 Å². The van der Waals surface area contributed by atoms with E-state index in [1.54, 1.807) is 25.3 Å². The van der Waals surface area contributed by atoms with Gasteiger partial charge in [0.1, 0.15) is 11.4 Å². The van der Waals surface area contributed by atoms with Crippen molar-refractivity contribution in [3.8, 4) is 0 Å². The first-order chi connectivity index (χ1) is 9.76. The van der Waals surface area contributed by atoms with Crippen molar-refractivity contribution < 1.29 is 14.6 Å². The zero-order valence-corrected chi connectivity index (χ0v) is 11.8. The third-order valence-corrected chi connectivity index (χ3v) is 3.78. The highest BCUT2D eigenvalue weighted by atomic mass is 16.5. The summed E-state index contributed by atoms with van der Waals surface area (Å²) in [5, 5.41) is 12.5. The Morgan fingerprint density at radius 3 is 3.15 bits per heavy atom. The highest BCUT2D eigenvalue weighted by molar-refractivity contribution is 5.94. The third kappa shape index (κ3) is 3.48. The summed E-state index contributed by atoms with van der Waals surface area (Å²) in [6.07, 6.45) is 5.76. The van der Waals surface area contributed by atoms with Crippen molar-refractivity contribution in [2.24, 2.45) is 5.92 Å². The number of aliphatic hydroxyl groups excluding tert-OH is 1. The maximum atomic E-state index is 11.9. The Morgan fingerprint density at radius 2 is 2.40 bits per heavy atom. The molecule has 1 saturated carbocycles. The van der Waals surface area contributed by atoms with Crippen LogP contribution >= 0.6 is 0 Å². The van der Waals surface area contributed by atoms with Gasteiger partial charge in [0.05, 0.1) is 6.61 Å². The molecule has 0 aromatic carbocycles. The van der Waals surface area contributed by atoms with Crippen LogP contribution in [0, 0.1) is 5.92 Å². The van der Waals surface area contributed by atoms with Crippen LogP contribution in [-0.4, -0.2) is 35.3 Å². The van der Waals surface area contributed by atoms with Gasteiger partial charge in [0.2, 0.25) is 0 Å². The number of pyridine rings is 1. The zero-order valence-electron chi connectivity index (χ0n) is 11.8. The molecule has 5 heteroatoms. The lowest BCUT2D eigenvalue weighted by Gasteiger charge is -2.21. The van der Waals surface area contributed by atoms with Gasteiger partial charge in [-0.25, -0.2) is 9.78 Å². The average Bonchev–Trinajstić information content (AvgIpc) is 2.87. The quantitative estimate of drug-likeness (QED) is 0.781. The van der Waals surface area contributed by atoms with Gasteiger partial charge in [-0.05, 0) is 44.2 Å². The Kier molecular flexibility index (Phi) is 5.35. The number of rotatable bonds is 6. The average molecular weight is 278 g/mol. The zero-order chi connectivity index (χ0) is 14.4. The minimum Gasteiger partial charge on any atom is -0.462 e. The topological polar surface area (TPSA) is 71.5 Å². The molecule has 1 aromatic rings. The molecule has 1 heterocycles. The summed E-state index contributed by atoms with van der Waals surface area (Å²) >= 11 is 0. The fourth-order valence-electron chi connectivity index (χ4n) is 2.81. The highest BCUT2D eigenvalue weighted by Gasteiger charge is 2.28. The minimum absolute atomic E-state index is 0.204. The molecule has 0 spiro atoms. The molecule has 1 aliphatic carbocycles. The van der Waals surface area contributed by atoms with E-state index in [1.807, 2.05) is 0 Å². The SMILES string of the molecule is CCOC(=O)c1cccnc1NC1CCCC1CCO. The van der Waals surface area contributed by atoms with E-state index in [4.69, 9.17) is 9.84 Å². The van der Waals surface area contributed by atoms with Crippen molar-refractivity contribution in [1.29, 1.82) is 0 Å². The van der Waals surface area contributed by atoms with Crippen LogP contribution in [0.25, 0.3) is 0 Å². The van der Waals surface area contributed by atoms with Gasteiger partial charge < -0.3 is 15.2 Å². The first kappa shape index (κ1) is 14.8. The van der Waals surface area contributed by atoms with E-state index in [-0.39, 0.29) is 18.6 Å². The van der Waals surface area contributed by atoms with E-state index in [1.165, 1.54) is 0 Å². The molecule has 2 rings (SSSR count). The number of nitrogens with zero attached hydrogens (tertiary/aromatic N) is 1. The Bertz CT molecular complexity index is 450. The molecule has 0 bridgehead atoms. The normalized spacial score (nSPS) is 21.7. The predicted octanol–water partition coefficient (Wildman–Crippen LogP) is 2.22. The molecule has 2 N–H and O–H groups in total. The minimum atomic E-state index is -0.347. The molecule has 20 heavy (non-hydrogen) atoms. The molecule has 2 atom stereocenters. The predicted molar refractivity (Wildman–Crippen MR) is 76.6 cm³/mol. The van der Waals surface area contributed by atoms with Gasteiger partial charge in [-0.1, -0.05) is 6.42 Å². The van der Waals surface area contributed by atoms with Crippen LogP contribution in [0.1, 0.15) is 43.0 Å². The van der Waals surface area contributed by atoms with E-state index in [0.29, 0.717) is 23.9 Å². The van der Waals surface area contributed by atoms with Crippen molar-refractivity contribution in [2.75, 3.05) is 18.5 Å². The third-order valence-electron chi connectivity index (χ3n) is 3.78. The molecular weight excluding hydrogens is 256 g/mol. The number of esters is 1. The first-order valence-corrected chi connectivity index (χ1v) is 7.25. The summed E-state index contributed by atoms with van der Waals surface area (Å²) in [7, 11) is 0. The summed E-state index contributed by atoms with van der Waals surface area (Å²) in [6, 6.07) is 3.73. The summed E-state index contributed by atoms with van der Waals surface area (Å²) in [6.45, 7) is 2.34. The lowest BCUT2D eigenvalue weighted by atomic mass is 10.00. The van der Waals surface area contributed by atoms with Crippen molar-refractivity contribution in [3.63, 3.8) is 0 Å². The Morgan fingerprint density at radius 1 is 1.55 bits per heavy atom. The second kappa shape index (κ2) is 7.24. The van der Waals surface area contributed by atoms with E-state index in [0.717, 1.165) is 25.7 Å². The Hall–Kier alpha value is -1.62. The second-order valence-corrected chi connectivity index (χ2v) is 5.07. The van der Waals surface area contributed by atoms with E-state index in [9.17, 15) is 4.79 Å². The number of carbonyl (C=O) groups is 1. The second-order valence-electron chi connectivity index (χ2n) is 5.07. The van der Waals surface area contributed by atoms with Gasteiger partial charge in [0, 0.05) is 18.8 Å².